The van der Waals surface area contributed by atoms with Crippen molar-refractivity contribution in [3.05, 3.63) is 0 Å². The van der Waals surface area contributed by atoms with Crippen LogP contribution in [0.5, 0.6) is 0 Å². The normalized spacial score (nSPS) is 37.3. The summed E-state index contributed by atoms with van der Waals surface area (Å²) < 4.78 is 0. The van der Waals surface area contributed by atoms with Crippen molar-refractivity contribution in [2.75, 3.05) is 26.2 Å². The summed E-state index contributed by atoms with van der Waals surface area (Å²) in [6, 6.07) is 3.96. The Morgan fingerprint density at radius 2 is 0.667 bits per heavy atom. The van der Waals surface area contributed by atoms with Crippen LogP contribution in [-0.4, -0.2) is 50.3 Å². The van der Waals surface area contributed by atoms with E-state index >= 15 is 0 Å². The molecule has 4 nitrogen and oxygen atoms in total. The van der Waals surface area contributed by atoms with Gasteiger partial charge in [-0.2, -0.15) is 0 Å². The minimum atomic E-state index is 0. The van der Waals surface area contributed by atoms with Crippen LogP contribution in [0.3, 0.4) is 0 Å². The molecule has 0 aromatic carbocycles. The molecule has 8 heteroatoms. The smallest absolute Gasteiger partial charge is 0.141 e. The van der Waals surface area contributed by atoms with Gasteiger partial charge in [-0.05, 0) is 0 Å². The Hall–Kier alpha value is 1.76. The molecular weight excluding hydrogens is 496 g/mol. The lowest BCUT2D eigenvalue weighted by atomic mass is 10.3. The molecular formula is C10H24Br4N4. The van der Waals surface area contributed by atoms with Gasteiger partial charge in [-0.15, -0.1) is 0 Å². The fourth-order valence-corrected chi connectivity index (χ4v) is 3.40. The zero-order chi connectivity index (χ0) is 9.38. The van der Waals surface area contributed by atoms with E-state index in [0.29, 0.717) is 0 Å². The minimum Gasteiger partial charge on any atom is -1.00 e. The van der Waals surface area contributed by atoms with Gasteiger partial charge in [0.1, 0.15) is 50.3 Å². The summed E-state index contributed by atoms with van der Waals surface area (Å²) in [4.78, 5) is 0. The van der Waals surface area contributed by atoms with Crippen molar-refractivity contribution in [2.45, 2.75) is 37.0 Å². The van der Waals surface area contributed by atoms with E-state index in [9.17, 15) is 0 Å². The lowest BCUT2D eigenvalue weighted by molar-refractivity contribution is -0.789. The Morgan fingerprint density at radius 1 is 0.444 bits per heavy atom. The van der Waals surface area contributed by atoms with Gasteiger partial charge in [0.15, 0.2) is 0 Å². The maximum absolute atomic E-state index is 2.48. The highest BCUT2D eigenvalue weighted by molar-refractivity contribution is 4.71. The summed E-state index contributed by atoms with van der Waals surface area (Å²) in [5.74, 6) is 0. The molecule has 4 bridgehead atoms. The lowest BCUT2D eigenvalue weighted by Crippen LogP contribution is -3.04. The van der Waals surface area contributed by atoms with Crippen LogP contribution in [0.25, 0.3) is 0 Å². The van der Waals surface area contributed by atoms with Gasteiger partial charge in [0.2, 0.25) is 0 Å². The number of halogens is 4. The number of piperazine rings is 2. The number of rotatable bonds is 0. The lowest BCUT2D eigenvalue weighted by Gasteiger charge is -2.04. The Labute approximate surface area is 151 Å². The first-order chi connectivity index (χ1) is 6.90. The molecule has 0 aliphatic carbocycles. The summed E-state index contributed by atoms with van der Waals surface area (Å²) in [6.07, 6.45) is 2.94. The highest BCUT2D eigenvalue weighted by atomic mass is 79.9. The van der Waals surface area contributed by atoms with Gasteiger partial charge < -0.3 is 89.2 Å². The van der Waals surface area contributed by atoms with Crippen LogP contribution in [0, 0.1) is 0 Å². The minimum absolute atomic E-state index is 0. The van der Waals surface area contributed by atoms with E-state index < -0.39 is 0 Å². The van der Waals surface area contributed by atoms with Gasteiger partial charge in [0, 0.05) is 0 Å². The second-order valence-corrected chi connectivity index (χ2v) is 5.40. The third-order valence-electron chi connectivity index (χ3n) is 4.30. The highest BCUT2D eigenvalue weighted by Crippen LogP contribution is 1.98. The maximum Gasteiger partial charge on any atom is 0.141 e. The first-order valence-electron chi connectivity index (χ1n) is 6.23. The third kappa shape index (κ3) is 5.63. The van der Waals surface area contributed by atoms with Crippen LogP contribution in [0.4, 0.5) is 0 Å². The molecule has 0 aromatic heterocycles. The summed E-state index contributed by atoms with van der Waals surface area (Å²) in [6.45, 7) is 5.52. The molecule has 0 radical (unpaired) electrons. The molecule has 4 saturated heterocycles. The molecule has 18 heavy (non-hydrogen) atoms. The van der Waals surface area contributed by atoms with Crippen molar-refractivity contribution in [1.29, 1.82) is 0 Å². The number of hydrogen-bond acceptors (Lipinski definition) is 0. The monoisotopic (exact) mass is 516 g/mol. The molecule has 4 aliphatic heterocycles. The van der Waals surface area contributed by atoms with Crippen molar-refractivity contribution in [1.82, 2.24) is 0 Å². The topological polar surface area (TPSA) is 66.4 Å². The molecule has 0 amide bonds. The number of fused-ring (bicyclic) bond motifs is 4. The molecule has 112 valence electrons. The van der Waals surface area contributed by atoms with Crippen LogP contribution >= 0.6 is 0 Å². The second kappa shape index (κ2) is 10.5. The van der Waals surface area contributed by atoms with E-state index in [2.05, 4.69) is 21.3 Å². The molecule has 4 rings (SSSR count). The number of quaternary nitrogens is 4. The highest BCUT2D eigenvalue weighted by Gasteiger charge is 2.38. The van der Waals surface area contributed by atoms with Gasteiger partial charge >= 0.3 is 0 Å². The van der Waals surface area contributed by atoms with Gasteiger partial charge in [-0.1, -0.05) is 0 Å². The SMILES string of the molecule is C1[NH2+][C@@H]2C[NH2+][C@H]1C2.C1[NH2+][C@@H]2C[NH2+][C@H]1C2.[Br-].[Br-].[Br-].[Br-]. The largest absolute Gasteiger partial charge is 1.00 e. The van der Waals surface area contributed by atoms with Crippen LogP contribution in [0.15, 0.2) is 0 Å². The Balaban J connectivity index is 0. The molecule has 4 atom stereocenters. The molecule has 0 unspecified atom stereocenters. The molecule has 4 aliphatic rings. The van der Waals surface area contributed by atoms with Crippen molar-refractivity contribution in [3.63, 3.8) is 0 Å². The van der Waals surface area contributed by atoms with E-state index in [4.69, 9.17) is 0 Å². The van der Waals surface area contributed by atoms with E-state index in [1.54, 1.807) is 0 Å². The second-order valence-electron chi connectivity index (χ2n) is 5.40. The van der Waals surface area contributed by atoms with E-state index in [1.165, 1.54) is 39.0 Å². The fraction of sp³-hybridized carbons (Fsp3) is 1.00. The van der Waals surface area contributed by atoms with Crippen molar-refractivity contribution >= 4 is 0 Å². The van der Waals surface area contributed by atoms with E-state index in [0.717, 1.165) is 24.2 Å². The van der Waals surface area contributed by atoms with Crippen LogP contribution in [-0.2, 0) is 0 Å². The zero-order valence-corrected chi connectivity index (χ0v) is 16.7. The van der Waals surface area contributed by atoms with Crippen LogP contribution in [0.2, 0.25) is 0 Å². The molecule has 4 heterocycles. The van der Waals surface area contributed by atoms with Gasteiger partial charge in [-0.25, -0.2) is 0 Å². The summed E-state index contributed by atoms with van der Waals surface area (Å²) in [5, 5.41) is 9.91. The van der Waals surface area contributed by atoms with Crippen molar-refractivity contribution in [3.8, 4) is 0 Å². The fourth-order valence-electron chi connectivity index (χ4n) is 3.40. The average molecular weight is 520 g/mol. The third-order valence-corrected chi connectivity index (χ3v) is 4.30. The number of nitrogens with two attached hydrogens (primary N) is 4. The Bertz CT molecular complexity index is 164. The Morgan fingerprint density at radius 3 is 0.722 bits per heavy atom. The van der Waals surface area contributed by atoms with Gasteiger partial charge in [0.25, 0.3) is 0 Å². The Kier molecular flexibility index (Phi) is 12.8. The predicted octanol–water partition coefficient (Wildman–Crippen LogP) is -17.4. The van der Waals surface area contributed by atoms with E-state index in [-0.39, 0.29) is 67.9 Å². The summed E-state index contributed by atoms with van der Waals surface area (Å²) in [5.41, 5.74) is 0. The van der Waals surface area contributed by atoms with E-state index in [1.807, 2.05) is 0 Å². The average Bonchev–Trinajstić information content (AvgIpc) is 3.01. The van der Waals surface area contributed by atoms with Gasteiger partial charge in [-0.3, -0.25) is 0 Å². The predicted molar refractivity (Wildman–Crippen MR) is 51.6 cm³/mol. The van der Waals surface area contributed by atoms with Crippen LogP contribution in [0.1, 0.15) is 12.8 Å². The summed E-state index contributed by atoms with van der Waals surface area (Å²) >= 11 is 0. The van der Waals surface area contributed by atoms with Crippen LogP contribution < -0.4 is 89.2 Å². The number of hydrogen-bond donors (Lipinski definition) is 4. The molecule has 0 spiro atoms. The molecule has 0 saturated carbocycles. The molecule has 8 N–H and O–H groups in total. The first-order valence-corrected chi connectivity index (χ1v) is 6.23. The molecule has 4 fully saturated rings. The maximum atomic E-state index is 2.48. The summed E-state index contributed by atoms with van der Waals surface area (Å²) in [7, 11) is 0. The van der Waals surface area contributed by atoms with Gasteiger partial charge in [0.05, 0.1) is 12.8 Å². The quantitative estimate of drug-likeness (QED) is 0.246. The van der Waals surface area contributed by atoms with Crippen molar-refractivity contribution < 1.29 is 89.2 Å². The molecule has 0 aromatic rings. The van der Waals surface area contributed by atoms with Crippen molar-refractivity contribution in [2.24, 2.45) is 0 Å². The first kappa shape index (κ1) is 22.0. The zero-order valence-electron chi connectivity index (χ0n) is 10.4. The standard InChI is InChI=1S/2C5H10N2.4BrH/c2*1-4-2-6-5(1)3-7-4;;;;/h2*4-7H,1-3H2;4*1H/t2*4-,5-;;;;/m00..../s1.